The second kappa shape index (κ2) is 9.45. The van der Waals surface area contributed by atoms with Crippen molar-refractivity contribution >= 4 is 29.5 Å². The molecule has 4 aliphatic rings. The summed E-state index contributed by atoms with van der Waals surface area (Å²) in [7, 11) is 0. The highest BCUT2D eigenvalue weighted by atomic mass is 32.2. The molecule has 1 unspecified atom stereocenters. The van der Waals surface area contributed by atoms with Crippen LogP contribution in [-0.2, 0) is 19.1 Å². The first-order valence-corrected chi connectivity index (χ1v) is 13.1. The molecule has 1 spiro atoms. The van der Waals surface area contributed by atoms with Crippen molar-refractivity contribution in [1.29, 1.82) is 0 Å². The summed E-state index contributed by atoms with van der Waals surface area (Å²) in [5.41, 5.74) is 0. The Balaban J connectivity index is 1.81. The molecule has 6 atom stereocenters. The molecule has 33 heavy (non-hydrogen) atoms. The van der Waals surface area contributed by atoms with E-state index < -0.39 is 33.4 Å². The van der Waals surface area contributed by atoms with E-state index in [9.17, 15) is 19.5 Å². The summed E-state index contributed by atoms with van der Waals surface area (Å²) in [6.07, 6.45) is 12.7. The molecule has 0 aromatic heterocycles. The number of nitrogens with zero attached hydrogens (tertiary/aromatic N) is 2. The lowest BCUT2D eigenvalue weighted by atomic mass is 9.74. The van der Waals surface area contributed by atoms with Crippen molar-refractivity contribution in [2.75, 3.05) is 26.3 Å². The van der Waals surface area contributed by atoms with Crippen LogP contribution in [0.3, 0.4) is 0 Å². The van der Waals surface area contributed by atoms with Crippen LogP contribution >= 0.6 is 11.8 Å². The lowest BCUT2D eigenvalue weighted by Gasteiger charge is -2.38. The molecule has 0 aromatic rings. The third-order valence-corrected chi connectivity index (χ3v) is 9.34. The molecule has 4 rings (SSSR count). The fourth-order valence-electron chi connectivity index (χ4n) is 5.94. The smallest absolute Gasteiger partial charge is 0.311 e. The molecule has 0 aromatic carbocycles. The van der Waals surface area contributed by atoms with E-state index in [0.717, 1.165) is 32.1 Å². The Morgan fingerprint density at radius 3 is 2.70 bits per heavy atom. The zero-order valence-electron chi connectivity index (χ0n) is 19.9. The maximum atomic E-state index is 14.0. The highest BCUT2D eigenvalue weighted by molar-refractivity contribution is 8.02. The normalized spacial score (nSPS) is 37.9. The van der Waals surface area contributed by atoms with Gasteiger partial charge in [-0.15, -0.1) is 11.8 Å². The van der Waals surface area contributed by atoms with Gasteiger partial charge in [0.2, 0.25) is 11.8 Å². The van der Waals surface area contributed by atoms with Gasteiger partial charge in [0.05, 0.1) is 35.8 Å². The predicted molar refractivity (Wildman–Crippen MR) is 127 cm³/mol. The molecule has 2 amide bonds. The molecule has 2 fully saturated rings. The van der Waals surface area contributed by atoms with Crippen molar-refractivity contribution in [1.82, 2.24) is 9.80 Å². The standard InChI is InChI=1S/C25H36N2O5S/c1-4-5-8-13-26-14-10-12-25-18(21(29)27(17(2)16-28)20(25)22(26)30)19-23(31)32-15-9-6-7-11-24(19,3)33-25/h7,10-12,17-20,28H,4-6,8-9,13-16H2,1-3H3/b11-7-/t17-,18+,19-,20?,24+,25+/m1/s1. The molecular weight excluding hydrogens is 440 g/mol. The molecule has 0 saturated carbocycles. The van der Waals surface area contributed by atoms with Crippen molar-refractivity contribution in [2.24, 2.45) is 11.8 Å². The Hall–Kier alpha value is -1.80. The first-order valence-electron chi connectivity index (χ1n) is 12.2. The van der Waals surface area contributed by atoms with Crippen LogP contribution in [0.4, 0.5) is 0 Å². The van der Waals surface area contributed by atoms with E-state index in [0.29, 0.717) is 19.7 Å². The average Bonchev–Trinajstić information content (AvgIpc) is 3.15. The summed E-state index contributed by atoms with van der Waals surface area (Å²) in [5.74, 6) is -2.09. The van der Waals surface area contributed by atoms with Gasteiger partial charge < -0.3 is 19.6 Å². The van der Waals surface area contributed by atoms with Crippen LogP contribution in [0.2, 0.25) is 0 Å². The van der Waals surface area contributed by atoms with E-state index >= 15 is 0 Å². The number of aliphatic hydroxyl groups excluding tert-OH is 1. The number of cyclic esters (lactones) is 1. The summed E-state index contributed by atoms with van der Waals surface area (Å²) >= 11 is 1.55. The minimum atomic E-state index is -0.876. The number of ether oxygens (including phenoxy) is 1. The Morgan fingerprint density at radius 2 is 1.97 bits per heavy atom. The summed E-state index contributed by atoms with van der Waals surface area (Å²) in [5, 5.41) is 9.97. The number of thioether (sulfide) groups is 1. The largest absolute Gasteiger partial charge is 0.465 e. The molecule has 4 heterocycles. The molecule has 8 heteroatoms. The number of hydrogen-bond acceptors (Lipinski definition) is 6. The van der Waals surface area contributed by atoms with Crippen LogP contribution in [0.25, 0.3) is 0 Å². The third-order valence-electron chi connectivity index (χ3n) is 7.54. The Labute approximate surface area is 200 Å². The monoisotopic (exact) mass is 476 g/mol. The van der Waals surface area contributed by atoms with Crippen molar-refractivity contribution in [3.8, 4) is 0 Å². The van der Waals surface area contributed by atoms with E-state index in [-0.39, 0.29) is 24.4 Å². The highest BCUT2D eigenvalue weighted by Gasteiger charge is 2.74. The number of rotatable bonds is 6. The molecule has 0 radical (unpaired) electrons. The van der Waals surface area contributed by atoms with Crippen LogP contribution in [0.5, 0.6) is 0 Å². The number of unbranched alkanes of at least 4 members (excludes halogenated alkanes) is 2. The maximum absolute atomic E-state index is 14.0. The van der Waals surface area contributed by atoms with Crippen molar-refractivity contribution in [3.05, 3.63) is 24.3 Å². The van der Waals surface area contributed by atoms with E-state index in [4.69, 9.17) is 4.74 Å². The number of aliphatic hydroxyl groups is 1. The molecule has 7 nitrogen and oxygen atoms in total. The van der Waals surface area contributed by atoms with Gasteiger partial charge in [0.15, 0.2) is 0 Å². The molecule has 182 valence electrons. The molecule has 0 aliphatic carbocycles. The quantitative estimate of drug-likeness (QED) is 0.360. The highest BCUT2D eigenvalue weighted by Crippen LogP contribution is 2.65. The fraction of sp³-hybridized carbons (Fsp3) is 0.720. The number of esters is 1. The van der Waals surface area contributed by atoms with E-state index in [1.807, 2.05) is 30.1 Å². The molecule has 4 aliphatic heterocycles. The van der Waals surface area contributed by atoms with Gasteiger partial charge in [-0.3, -0.25) is 14.4 Å². The SMILES string of the molecule is CCCCCN1CC=C[C@]23S[C@@]4(C)/C=C\CCCOC(=O)[C@H]4[C@H]2C(=O)N([C@H](C)CO)C3C1=O. The predicted octanol–water partition coefficient (Wildman–Crippen LogP) is 2.54. The zero-order valence-corrected chi connectivity index (χ0v) is 20.7. The number of carbonyl (C=O) groups excluding carboxylic acids is 3. The van der Waals surface area contributed by atoms with E-state index in [2.05, 4.69) is 13.0 Å². The van der Waals surface area contributed by atoms with Crippen LogP contribution in [0.15, 0.2) is 24.3 Å². The molecule has 0 bridgehead atoms. The number of likely N-dealkylation sites (tertiary alicyclic amines) is 1. The number of amides is 2. The third kappa shape index (κ3) is 3.93. The summed E-state index contributed by atoms with van der Waals surface area (Å²) < 4.78 is 4.08. The van der Waals surface area contributed by atoms with Gasteiger partial charge in [0.25, 0.3) is 0 Å². The minimum Gasteiger partial charge on any atom is -0.465 e. The van der Waals surface area contributed by atoms with Crippen molar-refractivity contribution in [3.63, 3.8) is 0 Å². The number of fused-ring (bicyclic) bond motifs is 2. The van der Waals surface area contributed by atoms with Gasteiger partial charge in [-0.2, -0.15) is 0 Å². The maximum Gasteiger partial charge on any atom is 0.311 e. The van der Waals surface area contributed by atoms with Gasteiger partial charge in [-0.25, -0.2) is 0 Å². The second-order valence-electron chi connectivity index (χ2n) is 9.88. The van der Waals surface area contributed by atoms with Crippen LogP contribution in [0.1, 0.15) is 52.9 Å². The minimum absolute atomic E-state index is 0.0906. The Morgan fingerprint density at radius 1 is 1.18 bits per heavy atom. The summed E-state index contributed by atoms with van der Waals surface area (Å²) in [6, 6.07) is -1.27. The lowest BCUT2D eigenvalue weighted by molar-refractivity contribution is -0.154. The van der Waals surface area contributed by atoms with E-state index in [1.165, 1.54) is 0 Å². The Kier molecular flexibility index (Phi) is 6.97. The first kappa shape index (κ1) is 24.3. The van der Waals surface area contributed by atoms with Crippen LogP contribution < -0.4 is 0 Å². The fourth-order valence-corrected chi connectivity index (χ4v) is 8.08. The van der Waals surface area contributed by atoms with Gasteiger partial charge in [-0.05, 0) is 33.1 Å². The van der Waals surface area contributed by atoms with Crippen molar-refractivity contribution < 1.29 is 24.2 Å². The van der Waals surface area contributed by atoms with Crippen molar-refractivity contribution in [2.45, 2.75) is 74.5 Å². The van der Waals surface area contributed by atoms with Gasteiger partial charge >= 0.3 is 5.97 Å². The van der Waals surface area contributed by atoms with Gasteiger partial charge in [0, 0.05) is 17.8 Å². The number of allylic oxidation sites excluding steroid dienone is 1. The molecule has 2 saturated heterocycles. The number of carbonyl (C=O) groups is 3. The topological polar surface area (TPSA) is 87.2 Å². The first-order chi connectivity index (χ1) is 15.8. The average molecular weight is 477 g/mol. The Bertz CT molecular complexity index is 860. The molecule has 1 N–H and O–H groups in total. The van der Waals surface area contributed by atoms with E-state index in [1.54, 1.807) is 23.6 Å². The van der Waals surface area contributed by atoms with Crippen LogP contribution in [-0.4, -0.2) is 80.6 Å². The molecular formula is C25H36N2O5S. The van der Waals surface area contributed by atoms with Gasteiger partial charge in [0.1, 0.15) is 6.04 Å². The summed E-state index contributed by atoms with van der Waals surface area (Å²) in [6.45, 7) is 7.10. The zero-order chi connectivity index (χ0) is 23.8. The van der Waals surface area contributed by atoms with Gasteiger partial charge in [-0.1, -0.05) is 44.1 Å². The van der Waals surface area contributed by atoms with Crippen LogP contribution in [0, 0.1) is 11.8 Å². The number of hydrogen-bond donors (Lipinski definition) is 1. The lowest BCUT2D eigenvalue weighted by Crippen LogP contribution is -2.56. The summed E-state index contributed by atoms with van der Waals surface area (Å²) in [4.78, 5) is 44.6. The second-order valence-corrected chi connectivity index (χ2v) is 11.7.